The molecular weight excluding hydrogens is 328 g/mol. The number of likely N-dealkylation sites (tertiary alicyclic amines) is 1. The molecule has 0 saturated carbocycles. The zero-order chi connectivity index (χ0) is 18.9. The van der Waals surface area contributed by atoms with E-state index in [2.05, 4.69) is 31.0 Å². The van der Waals surface area contributed by atoms with Crippen molar-refractivity contribution in [3.8, 4) is 11.5 Å². The van der Waals surface area contributed by atoms with Crippen molar-refractivity contribution in [3.63, 3.8) is 0 Å². The molecule has 1 saturated heterocycles. The van der Waals surface area contributed by atoms with Gasteiger partial charge in [-0.05, 0) is 56.9 Å². The first-order chi connectivity index (χ1) is 12.5. The van der Waals surface area contributed by atoms with Crippen molar-refractivity contribution < 1.29 is 14.3 Å². The molecule has 0 spiro atoms. The quantitative estimate of drug-likeness (QED) is 0.716. The van der Waals surface area contributed by atoms with E-state index in [0.717, 1.165) is 38.2 Å². The second kappa shape index (κ2) is 10.4. The van der Waals surface area contributed by atoms with E-state index >= 15 is 0 Å². The number of methoxy groups -OCH3 is 1. The molecule has 146 valence electrons. The van der Waals surface area contributed by atoms with E-state index in [9.17, 15) is 4.79 Å². The molecule has 1 heterocycles. The van der Waals surface area contributed by atoms with Gasteiger partial charge in [0.2, 0.25) is 5.91 Å². The number of anilines is 1. The van der Waals surface area contributed by atoms with Gasteiger partial charge in [-0.15, -0.1) is 0 Å². The molecule has 0 radical (unpaired) electrons. The number of unbranched alkanes of at least 4 members (excludes halogenated alkanes) is 1. The molecule has 1 aromatic rings. The summed E-state index contributed by atoms with van der Waals surface area (Å²) in [5.74, 6) is 1.99. The Balaban J connectivity index is 1.91. The van der Waals surface area contributed by atoms with Gasteiger partial charge < -0.3 is 19.7 Å². The largest absolute Gasteiger partial charge is 0.493 e. The van der Waals surface area contributed by atoms with Gasteiger partial charge in [0, 0.05) is 17.7 Å². The zero-order valence-corrected chi connectivity index (χ0v) is 16.7. The van der Waals surface area contributed by atoms with Crippen molar-refractivity contribution in [2.75, 3.05) is 38.7 Å². The molecular formula is C21H34N2O3. The summed E-state index contributed by atoms with van der Waals surface area (Å²) in [5.41, 5.74) is 0.767. The molecule has 1 N–H and O–H groups in total. The normalized spacial score (nSPS) is 15.9. The van der Waals surface area contributed by atoms with E-state index in [1.54, 1.807) is 7.11 Å². The Morgan fingerprint density at radius 2 is 2.00 bits per heavy atom. The van der Waals surface area contributed by atoms with Crippen LogP contribution in [0.2, 0.25) is 0 Å². The fourth-order valence-electron chi connectivity index (χ4n) is 3.17. The summed E-state index contributed by atoms with van der Waals surface area (Å²) in [5, 5.41) is 3.06. The van der Waals surface area contributed by atoms with Gasteiger partial charge in [0.15, 0.2) is 11.5 Å². The Morgan fingerprint density at radius 3 is 2.62 bits per heavy atom. The lowest BCUT2D eigenvalue weighted by atomic mass is 9.95. The van der Waals surface area contributed by atoms with Crippen molar-refractivity contribution in [1.82, 2.24) is 4.90 Å². The Kier molecular flexibility index (Phi) is 8.23. The van der Waals surface area contributed by atoms with Crippen molar-refractivity contribution >= 4 is 11.6 Å². The second-order valence-electron chi connectivity index (χ2n) is 7.53. The predicted molar refractivity (Wildman–Crippen MR) is 106 cm³/mol. The van der Waals surface area contributed by atoms with Crippen molar-refractivity contribution in [3.05, 3.63) is 18.2 Å². The number of rotatable bonds is 9. The molecule has 5 heteroatoms. The molecule has 0 unspecified atom stereocenters. The summed E-state index contributed by atoms with van der Waals surface area (Å²) in [6.07, 6.45) is 4.33. The molecule has 0 bridgehead atoms. The number of nitrogens with one attached hydrogen (secondary N) is 1. The summed E-state index contributed by atoms with van der Waals surface area (Å²) in [7, 11) is 1.63. The van der Waals surface area contributed by atoms with Gasteiger partial charge in [0.25, 0.3) is 0 Å². The van der Waals surface area contributed by atoms with Crippen LogP contribution in [0.5, 0.6) is 11.5 Å². The second-order valence-corrected chi connectivity index (χ2v) is 7.53. The maximum absolute atomic E-state index is 12.6. The number of benzene rings is 1. The van der Waals surface area contributed by atoms with Gasteiger partial charge in [-0.1, -0.05) is 27.2 Å². The molecule has 1 fully saturated rings. The lowest BCUT2D eigenvalue weighted by Crippen LogP contribution is -2.38. The number of ether oxygens (including phenoxy) is 2. The van der Waals surface area contributed by atoms with Crippen LogP contribution in [0.4, 0.5) is 5.69 Å². The Labute approximate surface area is 158 Å². The van der Waals surface area contributed by atoms with E-state index in [-0.39, 0.29) is 11.8 Å². The van der Waals surface area contributed by atoms with Crippen LogP contribution in [0.25, 0.3) is 0 Å². The van der Waals surface area contributed by atoms with Crippen molar-refractivity contribution in [1.29, 1.82) is 0 Å². The maximum Gasteiger partial charge on any atom is 0.227 e. The van der Waals surface area contributed by atoms with Gasteiger partial charge in [0.1, 0.15) is 0 Å². The van der Waals surface area contributed by atoms with Crippen LogP contribution in [0.3, 0.4) is 0 Å². The zero-order valence-electron chi connectivity index (χ0n) is 16.7. The minimum absolute atomic E-state index is 0.0926. The summed E-state index contributed by atoms with van der Waals surface area (Å²) in [4.78, 5) is 15.1. The average Bonchev–Trinajstić information content (AvgIpc) is 2.65. The Bertz CT molecular complexity index is 566. The Hall–Kier alpha value is -1.75. The van der Waals surface area contributed by atoms with E-state index in [4.69, 9.17) is 9.47 Å². The van der Waals surface area contributed by atoms with Crippen molar-refractivity contribution in [2.24, 2.45) is 11.8 Å². The van der Waals surface area contributed by atoms with Crippen LogP contribution < -0.4 is 14.8 Å². The maximum atomic E-state index is 12.6. The van der Waals surface area contributed by atoms with Gasteiger partial charge in [-0.2, -0.15) is 0 Å². The van der Waals surface area contributed by atoms with E-state index in [1.807, 2.05) is 18.2 Å². The summed E-state index contributed by atoms with van der Waals surface area (Å²) in [6.45, 7) is 10.2. The monoisotopic (exact) mass is 362 g/mol. The molecule has 1 aliphatic rings. The molecule has 0 aromatic heterocycles. The fraction of sp³-hybridized carbons (Fsp3) is 0.667. The molecule has 0 aliphatic carbocycles. The number of carbonyl (C=O) groups is 1. The number of piperidine rings is 1. The topological polar surface area (TPSA) is 50.8 Å². The fourth-order valence-corrected chi connectivity index (χ4v) is 3.17. The lowest BCUT2D eigenvalue weighted by molar-refractivity contribution is -0.121. The van der Waals surface area contributed by atoms with E-state index in [0.29, 0.717) is 24.0 Å². The molecule has 5 nitrogen and oxygen atoms in total. The van der Waals surface area contributed by atoms with Gasteiger partial charge >= 0.3 is 0 Å². The number of carbonyl (C=O) groups excluding carboxylic acids is 1. The van der Waals surface area contributed by atoms with E-state index in [1.165, 1.54) is 12.8 Å². The van der Waals surface area contributed by atoms with Gasteiger partial charge in [-0.3, -0.25) is 4.79 Å². The molecule has 2 rings (SSSR count). The van der Waals surface area contributed by atoms with Crippen LogP contribution in [0.15, 0.2) is 18.2 Å². The average molecular weight is 363 g/mol. The SMILES string of the molecule is CCCCN1CCC(C(=O)Nc2ccc(OC)c(OCC(C)C)c2)CC1. The number of hydrogen-bond acceptors (Lipinski definition) is 4. The van der Waals surface area contributed by atoms with E-state index < -0.39 is 0 Å². The highest BCUT2D eigenvalue weighted by molar-refractivity contribution is 5.93. The highest BCUT2D eigenvalue weighted by Crippen LogP contribution is 2.31. The standard InChI is InChI=1S/C21H34N2O3/c1-5-6-11-23-12-9-17(10-13-23)21(24)22-18-7-8-19(25-4)20(14-18)26-15-16(2)3/h7-8,14,16-17H,5-6,9-13,15H2,1-4H3,(H,22,24). The first kappa shape index (κ1) is 20.6. The van der Waals surface area contributed by atoms with Crippen LogP contribution >= 0.6 is 0 Å². The van der Waals surface area contributed by atoms with Crippen LogP contribution in [0, 0.1) is 11.8 Å². The number of amides is 1. The minimum atomic E-state index is 0.0926. The summed E-state index contributed by atoms with van der Waals surface area (Å²) < 4.78 is 11.2. The molecule has 1 amide bonds. The summed E-state index contributed by atoms with van der Waals surface area (Å²) >= 11 is 0. The highest BCUT2D eigenvalue weighted by atomic mass is 16.5. The first-order valence-electron chi connectivity index (χ1n) is 9.87. The third-order valence-electron chi connectivity index (χ3n) is 4.79. The first-order valence-corrected chi connectivity index (χ1v) is 9.87. The molecule has 1 aromatic carbocycles. The minimum Gasteiger partial charge on any atom is -0.493 e. The van der Waals surface area contributed by atoms with Crippen LogP contribution in [0.1, 0.15) is 46.5 Å². The number of nitrogens with zero attached hydrogens (tertiary/aromatic N) is 1. The smallest absolute Gasteiger partial charge is 0.227 e. The molecule has 1 aliphatic heterocycles. The third kappa shape index (κ3) is 6.20. The lowest BCUT2D eigenvalue weighted by Gasteiger charge is -2.31. The molecule has 0 atom stereocenters. The molecule has 26 heavy (non-hydrogen) atoms. The van der Waals surface area contributed by atoms with Gasteiger partial charge in [-0.25, -0.2) is 0 Å². The van der Waals surface area contributed by atoms with Crippen LogP contribution in [-0.4, -0.2) is 44.2 Å². The third-order valence-corrected chi connectivity index (χ3v) is 4.79. The van der Waals surface area contributed by atoms with Crippen molar-refractivity contribution in [2.45, 2.75) is 46.5 Å². The Morgan fingerprint density at radius 1 is 1.27 bits per heavy atom. The predicted octanol–water partition coefficient (Wildman–Crippen LogP) is 4.18. The summed E-state index contributed by atoms with van der Waals surface area (Å²) in [6, 6.07) is 5.57. The van der Waals surface area contributed by atoms with Crippen LogP contribution in [-0.2, 0) is 4.79 Å². The highest BCUT2D eigenvalue weighted by Gasteiger charge is 2.24. The number of hydrogen-bond donors (Lipinski definition) is 1. The van der Waals surface area contributed by atoms with Gasteiger partial charge in [0.05, 0.1) is 13.7 Å².